The molecule has 2 rings (SSSR count). The van der Waals surface area contributed by atoms with Crippen molar-refractivity contribution in [1.29, 1.82) is 0 Å². The minimum absolute atomic E-state index is 0.179. The van der Waals surface area contributed by atoms with Crippen LogP contribution in [0.2, 0.25) is 0 Å². The predicted molar refractivity (Wildman–Crippen MR) is 58.5 cm³/mol. The number of rotatable bonds is 2. The van der Waals surface area contributed by atoms with Crippen LogP contribution in [-0.4, -0.2) is 5.11 Å². The second-order valence-corrected chi connectivity index (χ2v) is 4.95. The number of benzene rings is 1. The summed E-state index contributed by atoms with van der Waals surface area (Å²) in [6.07, 6.45) is -2.45. The van der Waals surface area contributed by atoms with Crippen molar-refractivity contribution in [2.75, 3.05) is 0 Å². The zero-order valence-electron chi connectivity index (χ0n) is 9.80. The molecule has 1 aliphatic carbocycles. The smallest absolute Gasteiger partial charge is 0.385 e. The lowest BCUT2D eigenvalue weighted by atomic mass is 9.87. The van der Waals surface area contributed by atoms with E-state index >= 15 is 0 Å². The summed E-state index contributed by atoms with van der Waals surface area (Å²) in [5.41, 5.74) is -0.566. The average Bonchev–Trinajstić information content (AvgIpc) is 2.98. The van der Waals surface area contributed by atoms with Crippen LogP contribution in [0.3, 0.4) is 0 Å². The molecule has 17 heavy (non-hydrogen) atoms. The lowest BCUT2D eigenvalue weighted by molar-refractivity contribution is -0.137. The van der Waals surface area contributed by atoms with Crippen LogP contribution < -0.4 is 0 Å². The Morgan fingerprint density at radius 2 is 1.82 bits per heavy atom. The Labute approximate surface area is 98.3 Å². The van der Waals surface area contributed by atoms with E-state index in [1.165, 1.54) is 6.07 Å². The van der Waals surface area contributed by atoms with Crippen LogP contribution in [-0.2, 0) is 11.8 Å². The zero-order chi connectivity index (χ0) is 12.8. The van der Waals surface area contributed by atoms with Gasteiger partial charge in [0.1, 0.15) is 0 Å². The Hall–Kier alpha value is -1.03. The van der Waals surface area contributed by atoms with E-state index in [1.54, 1.807) is 13.8 Å². The Kier molecular flexibility index (Phi) is 2.73. The molecule has 0 amide bonds. The summed E-state index contributed by atoms with van der Waals surface area (Å²) < 4.78 is 37.5. The summed E-state index contributed by atoms with van der Waals surface area (Å²) in [7, 11) is 0. The number of alkyl halides is 3. The normalized spacial score (nSPS) is 20.1. The Morgan fingerprint density at radius 3 is 2.24 bits per heavy atom. The highest BCUT2D eigenvalue weighted by atomic mass is 19.4. The van der Waals surface area contributed by atoms with Crippen molar-refractivity contribution in [2.45, 2.75) is 38.5 Å². The first kappa shape index (κ1) is 12.4. The molecule has 0 spiro atoms. The molecule has 0 aromatic heterocycles. The van der Waals surface area contributed by atoms with Crippen molar-refractivity contribution < 1.29 is 18.3 Å². The quantitative estimate of drug-likeness (QED) is 0.842. The van der Waals surface area contributed by atoms with Gasteiger partial charge in [0.2, 0.25) is 0 Å². The monoisotopic (exact) mass is 244 g/mol. The van der Waals surface area contributed by atoms with E-state index in [2.05, 4.69) is 0 Å². The lowest BCUT2D eigenvalue weighted by Crippen LogP contribution is -2.25. The molecule has 1 aromatic rings. The highest BCUT2D eigenvalue weighted by Crippen LogP contribution is 2.46. The molecule has 1 fully saturated rings. The van der Waals surface area contributed by atoms with Crippen LogP contribution in [0.1, 0.15) is 36.5 Å². The molecule has 1 unspecified atom stereocenters. The third-order valence-corrected chi connectivity index (χ3v) is 3.47. The van der Waals surface area contributed by atoms with Gasteiger partial charge in [0.05, 0.1) is 11.2 Å². The third kappa shape index (κ3) is 2.32. The fourth-order valence-electron chi connectivity index (χ4n) is 2.27. The molecular formula is C13H15F3O. The molecule has 0 radical (unpaired) electrons. The van der Waals surface area contributed by atoms with E-state index in [0.29, 0.717) is 11.1 Å². The topological polar surface area (TPSA) is 20.2 Å². The molecule has 0 heterocycles. The van der Waals surface area contributed by atoms with E-state index in [1.807, 2.05) is 0 Å². The average molecular weight is 244 g/mol. The maximum Gasteiger partial charge on any atom is 0.416 e. The molecule has 0 bridgehead atoms. The van der Waals surface area contributed by atoms with Gasteiger partial charge in [0, 0.05) is 0 Å². The molecule has 1 N–H and O–H groups in total. The van der Waals surface area contributed by atoms with Crippen LogP contribution in [0.4, 0.5) is 13.2 Å². The maximum absolute atomic E-state index is 12.5. The number of hydrogen-bond donors (Lipinski definition) is 1. The van der Waals surface area contributed by atoms with Crippen LogP contribution >= 0.6 is 0 Å². The van der Waals surface area contributed by atoms with Gasteiger partial charge in [-0.3, -0.25) is 0 Å². The fourth-order valence-corrected chi connectivity index (χ4v) is 2.27. The first-order valence-electron chi connectivity index (χ1n) is 5.63. The first-order chi connectivity index (χ1) is 7.73. The van der Waals surface area contributed by atoms with Crippen molar-refractivity contribution in [1.82, 2.24) is 0 Å². The summed E-state index contributed by atoms with van der Waals surface area (Å²) in [5, 5.41) is 10.3. The van der Waals surface area contributed by atoms with E-state index in [9.17, 15) is 18.3 Å². The highest BCUT2D eigenvalue weighted by Gasteiger charge is 2.42. The van der Waals surface area contributed by atoms with Crippen molar-refractivity contribution in [3.05, 3.63) is 34.9 Å². The van der Waals surface area contributed by atoms with E-state index < -0.39 is 17.3 Å². The molecule has 1 atom stereocenters. The number of aliphatic hydroxyl groups is 1. The van der Waals surface area contributed by atoms with Crippen LogP contribution in [0.5, 0.6) is 0 Å². The lowest BCUT2D eigenvalue weighted by Gasteiger charge is -2.26. The molecule has 1 aromatic carbocycles. The minimum atomic E-state index is -4.32. The standard InChI is InChI=1S/C13H15F3O/c1-8-7-10(13(14,15)16)5-6-11(8)12(2,17)9-3-4-9/h5-7,9,17H,3-4H2,1-2H3. The minimum Gasteiger partial charge on any atom is -0.385 e. The van der Waals surface area contributed by atoms with E-state index in [4.69, 9.17) is 0 Å². The van der Waals surface area contributed by atoms with Crippen LogP contribution in [0, 0.1) is 12.8 Å². The summed E-state index contributed by atoms with van der Waals surface area (Å²) in [5.74, 6) is 0.179. The van der Waals surface area contributed by atoms with Crippen molar-refractivity contribution >= 4 is 0 Å². The summed E-state index contributed by atoms with van der Waals surface area (Å²) in [6.45, 7) is 3.29. The van der Waals surface area contributed by atoms with Gasteiger partial charge < -0.3 is 5.11 Å². The van der Waals surface area contributed by atoms with Gasteiger partial charge in [-0.05, 0) is 55.9 Å². The van der Waals surface area contributed by atoms with Gasteiger partial charge in [-0.15, -0.1) is 0 Å². The number of aryl methyl sites for hydroxylation is 1. The van der Waals surface area contributed by atoms with Gasteiger partial charge in [0.25, 0.3) is 0 Å². The predicted octanol–water partition coefficient (Wildman–Crippen LogP) is 3.63. The van der Waals surface area contributed by atoms with E-state index in [0.717, 1.165) is 25.0 Å². The van der Waals surface area contributed by atoms with Gasteiger partial charge in [-0.2, -0.15) is 13.2 Å². The largest absolute Gasteiger partial charge is 0.416 e. The Balaban J connectivity index is 2.38. The molecule has 0 saturated heterocycles. The second-order valence-electron chi connectivity index (χ2n) is 4.95. The molecule has 94 valence electrons. The molecule has 1 aliphatic rings. The third-order valence-electron chi connectivity index (χ3n) is 3.47. The summed E-state index contributed by atoms with van der Waals surface area (Å²) in [4.78, 5) is 0. The van der Waals surface area contributed by atoms with Gasteiger partial charge in [-0.25, -0.2) is 0 Å². The fraction of sp³-hybridized carbons (Fsp3) is 0.538. The second kappa shape index (κ2) is 3.73. The first-order valence-corrected chi connectivity index (χ1v) is 5.63. The maximum atomic E-state index is 12.5. The van der Waals surface area contributed by atoms with Crippen molar-refractivity contribution in [2.24, 2.45) is 5.92 Å². The molecular weight excluding hydrogens is 229 g/mol. The Morgan fingerprint density at radius 1 is 1.24 bits per heavy atom. The van der Waals surface area contributed by atoms with Crippen LogP contribution in [0.25, 0.3) is 0 Å². The molecule has 0 aliphatic heterocycles. The van der Waals surface area contributed by atoms with Gasteiger partial charge in [0.15, 0.2) is 0 Å². The summed E-state index contributed by atoms with van der Waals surface area (Å²) >= 11 is 0. The Bertz CT molecular complexity index is 431. The SMILES string of the molecule is Cc1cc(C(F)(F)F)ccc1C(C)(O)C1CC1. The number of halogens is 3. The van der Waals surface area contributed by atoms with E-state index in [-0.39, 0.29) is 5.92 Å². The molecule has 1 nitrogen and oxygen atoms in total. The zero-order valence-corrected chi connectivity index (χ0v) is 9.80. The van der Waals surface area contributed by atoms with Gasteiger partial charge in [-0.1, -0.05) is 6.07 Å². The van der Waals surface area contributed by atoms with Crippen LogP contribution in [0.15, 0.2) is 18.2 Å². The molecule has 1 saturated carbocycles. The number of hydrogen-bond acceptors (Lipinski definition) is 1. The van der Waals surface area contributed by atoms with Crippen molar-refractivity contribution in [3.8, 4) is 0 Å². The van der Waals surface area contributed by atoms with Gasteiger partial charge >= 0.3 is 6.18 Å². The highest BCUT2D eigenvalue weighted by molar-refractivity contribution is 5.37. The summed E-state index contributed by atoms with van der Waals surface area (Å²) in [6, 6.07) is 3.54. The molecule has 4 heteroatoms. The van der Waals surface area contributed by atoms with Crippen molar-refractivity contribution in [3.63, 3.8) is 0 Å².